The van der Waals surface area contributed by atoms with Gasteiger partial charge < -0.3 is 25.4 Å². The predicted octanol–water partition coefficient (Wildman–Crippen LogP) is -0.262. The largest absolute Gasteiger partial charge is 0.489 e. The summed E-state index contributed by atoms with van der Waals surface area (Å²) in [7, 11) is 0. The summed E-state index contributed by atoms with van der Waals surface area (Å²) in [6.07, 6.45) is -1.63. The highest BCUT2D eigenvalue weighted by Gasteiger charge is 2.04. The van der Waals surface area contributed by atoms with Crippen LogP contribution >= 0.6 is 0 Å². The van der Waals surface area contributed by atoms with Crippen molar-refractivity contribution in [1.82, 2.24) is 0 Å². The van der Waals surface area contributed by atoms with Gasteiger partial charge in [0.15, 0.2) is 0 Å². The number of aliphatic hydroxyl groups excluding tert-OH is 2. The van der Waals surface area contributed by atoms with Crippen LogP contribution in [0.3, 0.4) is 0 Å². The van der Waals surface area contributed by atoms with Crippen LogP contribution < -0.4 is 10.1 Å². The van der Waals surface area contributed by atoms with Crippen molar-refractivity contribution < 1.29 is 20.1 Å². The maximum absolute atomic E-state index is 8.70. The minimum Gasteiger partial charge on any atom is -0.489 e. The van der Waals surface area contributed by atoms with Crippen molar-refractivity contribution in [3.8, 4) is 5.75 Å². The molecule has 0 heterocycles. The molecule has 1 aromatic rings. The first-order valence-corrected chi connectivity index (χ1v) is 4.19. The minimum absolute atomic E-state index is 0.0873. The smallest absolute Gasteiger partial charge is 0.233 e. The first-order chi connectivity index (χ1) is 6.74. The number of benzene rings is 1. The topological polar surface area (TPSA) is 82.0 Å². The summed E-state index contributed by atoms with van der Waals surface area (Å²) >= 11 is 0. The van der Waals surface area contributed by atoms with Crippen LogP contribution in [0, 0.1) is 0 Å². The molecule has 14 heavy (non-hydrogen) atoms. The zero-order valence-electron chi connectivity index (χ0n) is 7.55. The van der Waals surface area contributed by atoms with E-state index in [9.17, 15) is 0 Å². The van der Waals surface area contributed by atoms with Gasteiger partial charge in [0.2, 0.25) is 6.41 Å². The molecule has 0 aliphatic heterocycles. The second-order valence-corrected chi connectivity index (χ2v) is 2.59. The third kappa shape index (κ3) is 3.21. The maximum Gasteiger partial charge on any atom is 0.233 e. The van der Waals surface area contributed by atoms with Gasteiger partial charge in [-0.1, -0.05) is 12.1 Å². The Balaban J connectivity index is 2.69. The molecule has 0 amide bonds. The van der Waals surface area contributed by atoms with Crippen molar-refractivity contribution in [2.45, 2.75) is 6.41 Å². The molecular weight excluding hydrogens is 186 g/mol. The normalized spacial score (nSPS) is 10.3. The number of nitrogens with one attached hydrogen (secondary N) is 1. The summed E-state index contributed by atoms with van der Waals surface area (Å²) in [5.74, 6) is 0.467. The van der Waals surface area contributed by atoms with Crippen LogP contribution in [0.5, 0.6) is 5.75 Å². The average molecular weight is 199 g/mol. The van der Waals surface area contributed by atoms with Crippen LogP contribution in [0.4, 0.5) is 5.69 Å². The molecule has 0 radical (unpaired) electrons. The van der Waals surface area contributed by atoms with E-state index in [0.29, 0.717) is 11.4 Å². The Kier molecular flexibility index (Phi) is 4.18. The van der Waals surface area contributed by atoms with Gasteiger partial charge in [-0.2, -0.15) is 0 Å². The fourth-order valence-corrected chi connectivity index (χ4v) is 1.01. The number of hydrogen-bond acceptors (Lipinski definition) is 5. The molecule has 0 bridgehead atoms. The molecular formula is C9H13NO4. The van der Waals surface area contributed by atoms with Gasteiger partial charge in [0.25, 0.3) is 0 Å². The van der Waals surface area contributed by atoms with Gasteiger partial charge in [0.1, 0.15) is 12.4 Å². The molecule has 0 fully saturated rings. The van der Waals surface area contributed by atoms with Crippen LogP contribution in [0.25, 0.3) is 0 Å². The van der Waals surface area contributed by atoms with Crippen LogP contribution in [-0.4, -0.2) is 34.9 Å². The summed E-state index contributed by atoms with van der Waals surface area (Å²) in [5, 5.41) is 28.3. The monoisotopic (exact) mass is 199 g/mol. The molecule has 0 aliphatic rings. The zero-order valence-corrected chi connectivity index (χ0v) is 7.55. The summed E-state index contributed by atoms with van der Waals surface area (Å²) in [4.78, 5) is 0. The molecule has 0 spiro atoms. The van der Waals surface area contributed by atoms with E-state index in [4.69, 9.17) is 20.1 Å². The second-order valence-electron chi connectivity index (χ2n) is 2.59. The molecule has 0 atom stereocenters. The third-order valence-electron chi connectivity index (χ3n) is 1.52. The van der Waals surface area contributed by atoms with Gasteiger partial charge in [-0.15, -0.1) is 0 Å². The number of rotatable bonds is 5. The van der Waals surface area contributed by atoms with Gasteiger partial charge >= 0.3 is 0 Å². The Hall–Kier alpha value is -1.30. The lowest BCUT2D eigenvalue weighted by atomic mass is 10.3. The molecule has 0 saturated carbocycles. The van der Waals surface area contributed by atoms with E-state index < -0.39 is 6.41 Å². The van der Waals surface area contributed by atoms with E-state index in [1.165, 1.54) is 0 Å². The Morgan fingerprint density at radius 1 is 1.29 bits per heavy atom. The van der Waals surface area contributed by atoms with E-state index in [1.807, 2.05) is 0 Å². The Morgan fingerprint density at radius 3 is 2.64 bits per heavy atom. The summed E-state index contributed by atoms with van der Waals surface area (Å²) in [6.45, 7) is 0.0796. The molecule has 0 aliphatic carbocycles. The van der Waals surface area contributed by atoms with Crippen LogP contribution in [0.2, 0.25) is 0 Å². The van der Waals surface area contributed by atoms with Crippen LogP contribution in [0.1, 0.15) is 0 Å². The van der Waals surface area contributed by atoms with E-state index in [2.05, 4.69) is 5.32 Å². The quantitative estimate of drug-likeness (QED) is 0.491. The van der Waals surface area contributed by atoms with Gasteiger partial charge in [-0.25, -0.2) is 0 Å². The molecule has 4 N–H and O–H groups in total. The molecule has 1 rings (SSSR count). The zero-order chi connectivity index (χ0) is 10.4. The highest BCUT2D eigenvalue weighted by molar-refractivity contribution is 5.56. The van der Waals surface area contributed by atoms with E-state index in [1.54, 1.807) is 24.3 Å². The number of anilines is 1. The summed E-state index contributed by atoms with van der Waals surface area (Å²) in [5.41, 5.74) is 0.468. The molecule has 5 nitrogen and oxygen atoms in total. The lowest BCUT2D eigenvalue weighted by molar-refractivity contribution is -0.0149. The molecule has 1 aromatic carbocycles. The van der Waals surface area contributed by atoms with Gasteiger partial charge in [-0.3, -0.25) is 0 Å². The second kappa shape index (κ2) is 5.43. The predicted molar refractivity (Wildman–Crippen MR) is 50.9 cm³/mol. The summed E-state index contributed by atoms with van der Waals surface area (Å²) in [6, 6.07) is 6.80. The molecule has 0 saturated heterocycles. The van der Waals surface area contributed by atoms with Crippen molar-refractivity contribution >= 4 is 5.69 Å². The Bertz CT molecular complexity index is 277. The van der Waals surface area contributed by atoms with Crippen molar-refractivity contribution in [2.75, 3.05) is 18.5 Å². The first-order valence-electron chi connectivity index (χ1n) is 4.19. The number of hydrogen-bond donors (Lipinski definition) is 4. The van der Waals surface area contributed by atoms with E-state index in [0.717, 1.165) is 0 Å². The lowest BCUT2D eigenvalue weighted by Crippen LogP contribution is -2.17. The highest BCUT2D eigenvalue weighted by Crippen LogP contribution is 2.23. The van der Waals surface area contributed by atoms with Crippen LogP contribution in [-0.2, 0) is 0 Å². The van der Waals surface area contributed by atoms with Crippen molar-refractivity contribution in [1.29, 1.82) is 0 Å². The van der Waals surface area contributed by atoms with Gasteiger partial charge in [0, 0.05) is 0 Å². The number of aliphatic hydroxyl groups is 3. The van der Waals surface area contributed by atoms with E-state index in [-0.39, 0.29) is 13.2 Å². The van der Waals surface area contributed by atoms with Crippen molar-refractivity contribution in [3.05, 3.63) is 24.3 Å². The molecule has 0 aromatic heterocycles. The van der Waals surface area contributed by atoms with Crippen LogP contribution in [0.15, 0.2) is 24.3 Å². The number of ether oxygens (including phenoxy) is 1. The van der Waals surface area contributed by atoms with E-state index >= 15 is 0 Å². The Morgan fingerprint density at radius 2 is 2.00 bits per heavy atom. The maximum atomic E-state index is 8.70. The first kappa shape index (κ1) is 10.8. The molecule has 78 valence electrons. The average Bonchev–Trinajstić information content (AvgIpc) is 2.16. The third-order valence-corrected chi connectivity index (χ3v) is 1.52. The lowest BCUT2D eigenvalue weighted by Gasteiger charge is -2.13. The minimum atomic E-state index is -1.63. The summed E-state index contributed by atoms with van der Waals surface area (Å²) < 4.78 is 5.15. The SMILES string of the molecule is OCCOc1ccccc1NC(O)O. The van der Waals surface area contributed by atoms with Crippen molar-refractivity contribution in [3.63, 3.8) is 0 Å². The van der Waals surface area contributed by atoms with Crippen molar-refractivity contribution in [2.24, 2.45) is 0 Å². The molecule has 0 unspecified atom stereocenters. The molecule has 5 heteroatoms. The standard InChI is InChI=1S/C9H13NO4/c11-5-6-14-8-4-2-1-3-7(8)10-9(12)13/h1-4,9-13H,5-6H2. The fraction of sp³-hybridized carbons (Fsp3) is 0.333. The van der Waals surface area contributed by atoms with Gasteiger partial charge in [0.05, 0.1) is 12.3 Å². The van der Waals surface area contributed by atoms with Gasteiger partial charge in [-0.05, 0) is 12.1 Å². The highest BCUT2D eigenvalue weighted by atomic mass is 16.5. The number of para-hydroxylation sites is 2. The fourth-order valence-electron chi connectivity index (χ4n) is 1.01. The Labute approximate surface area is 81.6 Å².